The molecular formula is C7H15O3P. The quantitative estimate of drug-likeness (QED) is 0.492. The van der Waals surface area contributed by atoms with Crippen molar-refractivity contribution in [3.8, 4) is 0 Å². The molecule has 0 N–H and O–H groups in total. The summed E-state index contributed by atoms with van der Waals surface area (Å²) in [6.45, 7) is 5.35. The van der Waals surface area contributed by atoms with Crippen LogP contribution in [0.4, 0.5) is 0 Å². The van der Waals surface area contributed by atoms with Crippen LogP contribution in [0.5, 0.6) is 0 Å². The van der Waals surface area contributed by atoms with Crippen LogP contribution in [0, 0.1) is 0 Å². The van der Waals surface area contributed by atoms with Crippen molar-refractivity contribution >= 4 is 8.69 Å². The summed E-state index contributed by atoms with van der Waals surface area (Å²) >= 11 is 0. The van der Waals surface area contributed by atoms with Crippen molar-refractivity contribution in [1.29, 1.82) is 0 Å². The van der Waals surface area contributed by atoms with Crippen LogP contribution in [0.2, 0.25) is 0 Å². The minimum absolute atomic E-state index is 0.252. The molecule has 0 saturated carbocycles. The highest BCUT2D eigenvalue weighted by Gasteiger charge is 2.40. The van der Waals surface area contributed by atoms with E-state index >= 15 is 0 Å². The van der Waals surface area contributed by atoms with E-state index < -0.39 is 0 Å². The van der Waals surface area contributed by atoms with E-state index in [-0.39, 0.29) is 8.69 Å². The number of hydrogen-bond acceptors (Lipinski definition) is 3. The maximum Gasteiger partial charge on any atom is 0.327 e. The van der Waals surface area contributed by atoms with Crippen LogP contribution in [0.1, 0.15) is 26.7 Å². The van der Waals surface area contributed by atoms with E-state index in [1.54, 1.807) is 0 Å². The van der Waals surface area contributed by atoms with E-state index in [2.05, 4.69) is 18.4 Å². The zero-order chi connectivity index (χ0) is 8.74. The first kappa shape index (κ1) is 11.0. The van der Waals surface area contributed by atoms with Gasteiger partial charge in [0.05, 0.1) is 12.2 Å². The van der Waals surface area contributed by atoms with Crippen molar-refractivity contribution in [3.63, 3.8) is 0 Å². The molecule has 0 unspecified atom stereocenters. The molecule has 1 rings (SSSR count). The van der Waals surface area contributed by atoms with Crippen LogP contribution < -0.4 is 0 Å². The van der Waals surface area contributed by atoms with Gasteiger partial charge < -0.3 is 4.74 Å². The van der Waals surface area contributed by atoms with Crippen LogP contribution in [-0.4, -0.2) is 19.3 Å². The summed E-state index contributed by atoms with van der Waals surface area (Å²) in [5.41, 5.74) is 0.333. The molecule has 0 spiro atoms. The number of hydrogen-bond donors (Lipinski definition) is 0. The average molecular weight is 178 g/mol. The lowest BCUT2D eigenvalue weighted by molar-refractivity contribution is 0.289. The zero-order valence-corrected chi connectivity index (χ0v) is 8.19. The standard InChI is InChI=1S/C6H12O.CH3O2P/c1-3-6(4-2)5-7-6;1-3-4-2/h3-5H2,1-2H3;1H3. The van der Waals surface area contributed by atoms with Gasteiger partial charge >= 0.3 is 8.69 Å². The lowest BCUT2D eigenvalue weighted by Gasteiger charge is -2.00. The molecule has 1 heterocycles. The van der Waals surface area contributed by atoms with Gasteiger partial charge in [-0.15, -0.1) is 0 Å². The molecule has 3 nitrogen and oxygen atoms in total. The third-order valence-electron chi connectivity index (χ3n) is 1.92. The van der Waals surface area contributed by atoms with Gasteiger partial charge in [-0.3, -0.25) is 4.52 Å². The van der Waals surface area contributed by atoms with Crippen molar-refractivity contribution < 1.29 is 13.8 Å². The average Bonchev–Trinajstić information content (AvgIpc) is 2.85. The van der Waals surface area contributed by atoms with Crippen molar-refractivity contribution in [2.24, 2.45) is 0 Å². The van der Waals surface area contributed by atoms with Crippen molar-refractivity contribution in [1.82, 2.24) is 0 Å². The highest BCUT2D eigenvalue weighted by atomic mass is 31.1. The van der Waals surface area contributed by atoms with Crippen LogP contribution in [0.15, 0.2) is 0 Å². The van der Waals surface area contributed by atoms with Gasteiger partial charge in [-0.1, -0.05) is 13.8 Å². The van der Waals surface area contributed by atoms with Gasteiger partial charge in [-0.05, 0) is 12.8 Å². The number of rotatable bonds is 3. The molecule has 0 aliphatic carbocycles. The Balaban J connectivity index is 0.000000218. The molecule has 0 radical (unpaired) electrons. The highest BCUT2D eigenvalue weighted by molar-refractivity contribution is 7.17. The molecule has 0 bridgehead atoms. The maximum atomic E-state index is 9.05. The molecule has 1 aliphatic heterocycles. The van der Waals surface area contributed by atoms with E-state index in [1.807, 2.05) is 0 Å². The fourth-order valence-electron chi connectivity index (χ4n) is 0.760. The Labute approximate surface area is 69.4 Å². The second kappa shape index (κ2) is 5.64. The molecule has 0 aromatic rings. The molecular weight excluding hydrogens is 163 g/mol. The summed E-state index contributed by atoms with van der Waals surface area (Å²) in [6, 6.07) is 0. The smallest absolute Gasteiger partial charge is 0.327 e. The summed E-state index contributed by atoms with van der Waals surface area (Å²) in [5, 5.41) is 0. The summed E-state index contributed by atoms with van der Waals surface area (Å²) in [5.74, 6) is 0. The van der Waals surface area contributed by atoms with Gasteiger partial charge in [0.1, 0.15) is 0 Å². The Kier molecular flexibility index (Phi) is 5.65. The Morgan fingerprint density at radius 3 is 1.91 bits per heavy atom. The minimum Gasteiger partial charge on any atom is -0.370 e. The van der Waals surface area contributed by atoms with E-state index in [0.717, 1.165) is 6.61 Å². The monoisotopic (exact) mass is 178 g/mol. The predicted molar refractivity (Wildman–Crippen MR) is 43.9 cm³/mol. The second-order valence-corrected chi connectivity index (χ2v) is 2.95. The molecule has 4 heteroatoms. The van der Waals surface area contributed by atoms with Crippen LogP contribution in [0.3, 0.4) is 0 Å². The minimum atomic E-state index is -0.252. The van der Waals surface area contributed by atoms with Gasteiger partial charge in [-0.25, -0.2) is 4.57 Å². The fourth-order valence-corrected chi connectivity index (χ4v) is 0.760. The van der Waals surface area contributed by atoms with Crippen molar-refractivity contribution in [3.05, 3.63) is 0 Å². The van der Waals surface area contributed by atoms with Crippen LogP contribution in [0.25, 0.3) is 0 Å². The Morgan fingerprint density at radius 1 is 1.55 bits per heavy atom. The normalized spacial score (nSPS) is 18.8. The lowest BCUT2D eigenvalue weighted by Crippen LogP contribution is -2.05. The van der Waals surface area contributed by atoms with E-state index in [0.29, 0.717) is 5.60 Å². The van der Waals surface area contributed by atoms with Gasteiger partial charge in [0.25, 0.3) is 0 Å². The Bertz CT molecular complexity index is 106. The molecule has 1 saturated heterocycles. The van der Waals surface area contributed by atoms with Gasteiger partial charge in [-0.2, -0.15) is 0 Å². The first-order valence-electron chi connectivity index (χ1n) is 3.74. The predicted octanol–water partition coefficient (Wildman–Crippen LogP) is 2.41. The number of epoxide rings is 1. The molecule has 0 amide bonds. The molecule has 66 valence electrons. The first-order valence-corrected chi connectivity index (χ1v) is 4.47. The van der Waals surface area contributed by atoms with E-state index in [1.165, 1.54) is 20.0 Å². The Morgan fingerprint density at radius 2 is 1.91 bits per heavy atom. The fraction of sp³-hybridized carbons (Fsp3) is 1.00. The van der Waals surface area contributed by atoms with Gasteiger partial charge in [0.2, 0.25) is 0 Å². The van der Waals surface area contributed by atoms with Gasteiger partial charge in [0.15, 0.2) is 0 Å². The largest absolute Gasteiger partial charge is 0.370 e. The van der Waals surface area contributed by atoms with Crippen molar-refractivity contribution in [2.75, 3.05) is 13.7 Å². The van der Waals surface area contributed by atoms with E-state index in [4.69, 9.17) is 9.30 Å². The van der Waals surface area contributed by atoms with Gasteiger partial charge in [0, 0.05) is 7.11 Å². The first-order chi connectivity index (χ1) is 5.24. The molecule has 1 fully saturated rings. The SMILES string of the molecule is CCC1(CC)CO1.COP=O. The third kappa shape index (κ3) is 4.46. The zero-order valence-electron chi connectivity index (χ0n) is 7.29. The van der Waals surface area contributed by atoms with E-state index in [9.17, 15) is 0 Å². The molecule has 0 atom stereocenters. The summed E-state index contributed by atoms with van der Waals surface area (Å²) < 4.78 is 18.2. The topological polar surface area (TPSA) is 38.8 Å². The summed E-state index contributed by atoms with van der Waals surface area (Å²) in [4.78, 5) is 0. The molecule has 0 aromatic carbocycles. The van der Waals surface area contributed by atoms with Crippen LogP contribution in [-0.2, 0) is 13.8 Å². The number of ether oxygens (including phenoxy) is 1. The summed E-state index contributed by atoms with van der Waals surface area (Å²) in [6.07, 6.45) is 2.37. The summed E-state index contributed by atoms with van der Waals surface area (Å²) in [7, 11) is 1.10. The highest BCUT2D eigenvalue weighted by Crippen LogP contribution is 2.33. The van der Waals surface area contributed by atoms with Crippen molar-refractivity contribution in [2.45, 2.75) is 32.3 Å². The lowest BCUT2D eigenvalue weighted by atomic mass is 10.1. The maximum absolute atomic E-state index is 9.05. The third-order valence-corrected chi connectivity index (χ3v) is 2.06. The molecule has 11 heavy (non-hydrogen) atoms. The Hall–Kier alpha value is 0.0200. The molecule has 1 aliphatic rings. The molecule has 0 aromatic heterocycles. The van der Waals surface area contributed by atoms with Crippen LogP contribution >= 0.6 is 8.69 Å². The second-order valence-electron chi connectivity index (χ2n) is 2.44.